The zero-order valence-electron chi connectivity index (χ0n) is 11.1. The van der Waals surface area contributed by atoms with Gasteiger partial charge in [-0.15, -0.1) is 0 Å². The summed E-state index contributed by atoms with van der Waals surface area (Å²) in [6.45, 7) is 3.64. The number of carbonyl (C=O) groups excluding carboxylic acids is 1. The summed E-state index contributed by atoms with van der Waals surface area (Å²) in [5, 5.41) is 20.9. The number of nitrogens with one attached hydrogen (secondary N) is 1. The Balaban J connectivity index is 2.75. The van der Waals surface area contributed by atoms with Crippen molar-refractivity contribution in [2.45, 2.75) is 39.2 Å². The smallest absolute Gasteiger partial charge is 0.326 e. The first-order valence-corrected chi connectivity index (χ1v) is 6.29. The van der Waals surface area contributed by atoms with Crippen LogP contribution < -0.4 is 5.32 Å². The first-order valence-electron chi connectivity index (χ1n) is 6.29. The zero-order chi connectivity index (χ0) is 14.4. The summed E-state index contributed by atoms with van der Waals surface area (Å²) in [6, 6.07) is 3.55. The number of unbranched alkanes of at least 4 members (excludes halogenated alkanes) is 1. The molecule has 104 valence electrons. The van der Waals surface area contributed by atoms with Crippen molar-refractivity contribution in [1.29, 1.82) is 0 Å². The van der Waals surface area contributed by atoms with Gasteiger partial charge in [-0.05, 0) is 37.1 Å². The van der Waals surface area contributed by atoms with E-state index in [0.717, 1.165) is 12.8 Å². The van der Waals surface area contributed by atoms with Gasteiger partial charge < -0.3 is 15.5 Å². The predicted octanol–water partition coefficient (Wildman–Crippen LogP) is 2.07. The molecular weight excluding hydrogens is 246 g/mol. The molecule has 0 aliphatic rings. The molecule has 0 bridgehead atoms. The zero-order valence-corrected chi connectivity index (χ0v) is 11.1. The molecule has 1 rings (SSSR count). The number of amides is 1. The van der Waals surface area contributed by atoms with Crippen LogP contribution in [0.15, 0.2) is 18.2 Å². The number of phenols is 1. The lowest BCUT2D eigenvalue weighted by molar-refractivity contribution is -0.139. The van der Waals surface area contributed by atoms with E-state index in [1.165, 1.54) is 18.2 Å². The van der Waals surface area contributed by atoms with E-state index in [2.05, 4.69) is 5.32 Å². The number of phenolic OH excluding ortho intramolecular Hbond substituents is 1. The summed E-state index contributed by atoms with van der Waals surface area (Å²) in [5.74, 6) is -1.36. The lowest BCUT2D eigenvalue weighted by atomic mass is 10.1. The number of carboxylic acids is 1. The highest BCUT2D eigenvalue weighted by Gasteiger charge is 2.20. The highest BCUT2D eigenvalue weighted by Crippen LogP contribution is 2.17. The molecule has 1 atom stereocenters. The van der Waals surface area contributed by atoms with Crippen LogP contribution in [0.4, 0.5) is 0 Å². The molecule has 0 aliphatic carbocycles. The van der Waals surface area contributed by atoms with E-state index < -0.39 is 17.9 Å². The summed E-state index contributed by atoms with van der Waals surface area (Å²) in [6.07, 6.45) is 2.03. The van der Waals surface area contributed by atoms with Crippen molar-refractivity contribution in [3.63, 3.8) is 0 Å². The number of hydrogen-bond donors (Lipinski definition) is 3. The number of hydrogen-bond acceptors (Lipinski definition) is 3. The fourth-order valence-corrected chi connectivity index (χ4v) is 1.70. The molecule has 0 saturated heterocycles. The Morgan fingerprint density at radius 2 is 2.05 bits per heavy atom. The van der Waals surface area contributed by atoms with Gasteiger partial charge in [-0.3, -0.25) is 4.79 Å². The van der Waals surface area contributed by atoms with E-state index in [-0.39, 0.29) is 5.75 Å². The van der Waals surface area contributed by atoms with E-state index >= 15 is 0 Å². The Kier molecular flexibility index (Phi) is 5.36. The topological polar surface area (TPSA) is 86.6 Å². The minimum Gasteiger partial charge on any atom is -0.508 e. The van der Waals surface area contributed by atoms with Crippen LogP contribution in [0, 0.1) is 6.92 Å². The van der Waals surface area contributed by atoms with Crippen LogP contribution >= 0.6 is 0 Å². The lowest BCUT2D eigenvalue weighted by Gasteiger charge is -2.14. The molecule has 3 N–H and O–H groups in total. The molecule has 0 radical (unpaired) electrons. The third-order valence-corrected chi connectivity index (χ3v) is 2.91. The van der Waals surface area contributed by atoms with E-state index in [0.29, 0.717) is 17.5 Å². The van der Waals surface area contributed by atoms with Crippen LogP contribution in [-0.4, -0.2) is 28.1 Å². The molecule has 1 aromatic carbocycles. The molecule has 19 heavy (non-hydrogen) atoms. The van der Waals surface area contributed by atoms with Crippen molar-refractivity contribution in [3.05, 3.63) is 29.3 Å². The first kappa shape index (κ1) is 15.0. The summed E-state index contributed by atoms with van der Waals surface area (Å²) >= 11 is 0. The van der Waals surface area contributed by atoms with Gasteiger partial charge in [-0.1, -0.05) is 19.8 Å². The van der Waals surface area contributed by atoms with Gasteiger partial charge >= 0.3 is 5.97 Å². The number of benzene rings is 1. The Hall–Kier alpha value is -2.04. The van der Waals surface area contributed by atoms with Crippen molar-refractivity contribution < 1.29 is 19.8 Å². The summed E-state index contributed by atoms with van der Waals surface area (Å²) in [7, 11) is 0. The normalized spacial score (nSPS) is 11.9. The number of rotatable bonds is 6. The number of aliphatic carboxylic acids is 1. The monoisotopic (exact) mass is 265 g/mol. The molecule has 1 aromatic rings. The molecule has 0 aromatic heterocycles. The molecule has 0 heterocycles. The van der Waals surface area contributed by atoms with E-state index in [4.69, 9.17) is 5.11 Å². The standard InChI is InChI=1S/C14H19NO4/c1-3-4-5-11(14(18)19)15-13(17)10-6-7-12(16)9(2)8-10/h6-8,11,16H,3-5H2,1-2H3,(H,15,17)(H,18,19)/t11-/m0/s1. The van der Waals surface area contributed by atoms with Gasteiger partial charge in [-0.2, -0.15) is 0 Å². The van der Waals surface area contributed by atoms with Gasteiger partial charge in [0, 0.05) is 5.56 Å². The number of aryl methyl sites for hydroxylation is 1. The van der Waals surface area contributed by atoms with Crippen LogP contribution in [0.1, 0.15) is 42.1 Å². The highest BCUT2D eigenvalue weighted by atomic mass is 16.4. The minimum atomic E-state index is -1.03. The molecule has 5 nitrogen and oxygen atoms in total. The van der Waals surface area contributed by atoms with E-state index in [1.807, 2.05) is 6.92 Å². The Bertz CT molecular complexity index is 471. The predicted molar refractivity (Wildman–Crippen MR) is 71.3 cm³/mol. The van der Waals surface area contributed by atoms with E-state index in [9.17, 15) is 14.7 Å². The quantitative estimate of drug-likeness (QED) is 0.735. The molecule has 0 unspecified atom stereocenters. The van der Waals surface area contributed by atoms with Gasteiger partial charge in [0.1, 0.15) is 11.8 Å². The SMILES string of the molecule is CCCC[C@H](NC(=O)c1ccc(O)c(C)c1)C(=O)O. The molecule has 0 fully saturated rings. The molecule has 0 saturated carbocycles. The second-order valence-corrected chi connectivity index (χ2v) is 4.51. The summed E-state index contributed by atoms with van der Waals surface area (Å²) in [4.78, 5) is 23.0. The second-order valence-electron chi connectivity index (χ2n) is 4.51. The third-order valence-electron chi connectivity index (χ3n) is 2.91. The van der Waals surface area contributed by atoms with Crippen LogP contribution in [0.2, 0.25) is 0 Å². The molecule has 5 heteroatoms. The van der Waals surface area contributed by atoms with Gasteiger partial charge in [0.05, 0.1) is 0 Å². The van der Waals surface area contributed by atoms with Crippen molar-refractivity contribution in [1.82, 2.24) is 5.32 Å². The van der Waals surface area contributed by atoms with Crippen LogP contribution in [0.5, 0.6) is 5.75 Å². The van der Waals surface area contributed by atoms with E-state index in [1.54, 1.807) is 6.92 Å². The third kappa shape index (κ3) is 4.28. The van der Waals surface area contributed by atoms with Gasteiger partial charge in [0.25, 0.3) is 5.91 Å². The maximum Gasteiger partial charge on any atom is 0.326 e. The molecular formula is C14H19NO4. The summed E-state index contributed by atoms with van der Waals surface area (Å²) in [5.41, 5.74) is 0.922. The Morgan fingerprint density at radius 1 is 1.37 bits per heavy atom. The van der Waals surface area contributed by atoms with Gasteiger partial charge in [-0.25, -0.2) is 4.79 Å². The van der Waals surface area contributed by atoms with Crippen molar-refractivity contribution >= 4 is 11.9 Å². The Morgan fingerprint density at radius 3 is 2.58 bits per heavy atom. The van der Waals surface area contributed by atoms with Crippen LogP contribution in [0.25, 0.3) is 0 Å². The van der Waals surface area contributed by atoms with Gasteiger partial charge in [0.15, 0.2) is 0 Å². The number of aromatic hydroxyl groups is 1. The minimum absolute atomic E-state index is 0.109. The van der Waals surface area contributed by atoms with Crippen molar-refractivity contribution in [2.75, 3.05) is 0 Å². The fourth-order valence-electron chi connectivity index (χ4n) is 1.70. The van der Waals surface area contributed by atoms with Crippen molar-refractivity contribution in [3.8, 4) is 5.75 Å². The largest absolute Gasteiger partial charge is 0.508 e. The average molecular weight is 265 g/mol. The average Bonchev–Trinajstić information content (AvgIpc) is 2.37. The molecule has 0 aliphatic heterocycles. The lowest BCUT2D eigenvalue weighted by Crippen LogP contribution is -2.40. The Labute approximate surface area is 112 Å². The van der Waals surface area contributed by atoms with Crippen LogP contribution in [-0.2, 0) is 4.79 Å². The number of carboxylic acid groups (broad SMARTS) is 1. The maximum absolute atomic E-state index is 11.9. The fraction of sp³-hybridized carbons (Fsp3) is 0.429. The second kappa shape index (κ2) is 6.78. The highest BCUT2D eigenvalue weighted by molar-refractivity contribution is 5.96. The first-order chi connectivity index (χ1) is 8.95. The maximum atomic E-state index is 11.9. The number of carbonyl (C=O) groups is 2. The molecule has 0 spiro atoms. The van der Waals surface area contributed by atoms with Crippen molar-refractivity contribution in [2.24, 2.45) is 0 Å². The van der Waals surface area contributed by atoms with Gasteiger partial charge in [0.2, 0.25) is 0 Å². The molecule has 1 amide bonds. The summed E-state index contributed by atoms with van der Waals surface area (Å²) < 4.78 is 0. The van der Waals surface area contributed by atoms with Crippen LogP contribution in [0.3, 0.4) is 0 Å².